The second-order valence-electron chi connectivity index (χ2n) is 7.63. The molecular weight excluding hydrogens is 350 g/mol. The third kappa shape index (κ3) is 3.94. The predicted octanol–water partition coefficient (Wildman–Crippen LogP) is 1.98. The Morgan fingerprint density at radius 2 is 2.11 bits per heavy atom. The van der Waals surface area contributed by atoms with E-state index in [9.17, 15) is 14.7 Å². The lowest BCUT2D eigenvalue weighted by molar-refractivity contribution is -0.156. The van der Waals surface area contributed by atoms with Crippen molar-refractivity contribution >= 4 is 17.6 Å². The van der Waals surface area contributed by atoms with Crippen molar-refractivity contribution in [2.45, 2.75) is 56.3 Å². The van der Waals surface area contributed by atoms with Gasteiger partial charge in [-0.25, -0.2) is 0 Å². The molecule has 1 saturated carbocycles. The van der Waals surface area contributed by atoms with E-state index in [2.05, 4.69) is 5.32 Å². The molecule has 1 amide bonds. The maximum atomic E-state index is 12.1. The minimum atomic E-state index is -0.501. The number of esters is 1. The van der Waals surface area contributed by atoms with Gasteiger partial charge in [0.15, 0.2) is 0 Å². The van der Waals surface area contributed by atoms with Gasteiger partial charge in [0.2, 0.25) is 5.91 Å². The van der Waals surface area contributed by atoms with Crippen molar-refractivity contribution in [2.24, 2.45) is 5.92 Å². The highest BCUT2D eigenvalue weighted by atomic mass is 16.6. The van der Waals surface area contributed by atoms with Crippen LogP contribution in [0.15, 0.2) is 18.2 Å². The summed E-state index contributed by atoms with van der Waals surface area (Å²) in [5, 5.41) is 12.7. The number of methoxy groups -OCH3 is 1. The van der Waals surface area contributed by atoms with Crippen LogP contribution in [-0.4, -0.2) is 49.0 Å². The van der Waals surface area contributed by atoms with Gasteiger partial charge in [0.25, 0.3) is 0 Å². The van der Waals surface area contributed by atoms with E-state index in [-0.39, 0.29) is 43.0 Å². The number of fused-ring (bicyclic) bond motifs is 3. The number of amides is 1. The number of nitrogens with one attached hydrogen (secondary N) is 1. The molecule has 1 aromatic rings. The van der Waals surface area contributed by atoms with Crippen LogP contribution in [0.2, 0.25) is 0 Å². The molecular formula is C20H25NO6. The van der Waals surface area contributed by atoms with Crippen molar-refractivity contribution in [3.05, 3.63) is 23.8 Å². The first-order valence-corrected chi connectivity index (χ1v) is 9.51. The Hall–Kier alpha value is -2.12. The topological polar surface area (TPSA) is 94.1 Å². The van der Waals surface area contributed by atoms with E-state index in [0.717, 1.165) is 29.8 Å². The molecule has 4 rings (SSSR count). The first-order valence-electron chi connectivity index (χ1n) is 9.51. The zero-order valence-corrected chi connectivity index (χ0v) is 15.3. The van der Waals surface area contributed by atoms with Crippen molar-refractivity contribution in [3.63, 3.8) is 0 Å². The number of aliphatic hydroxyl groups excluding tert-OH is 1. The van der Waals surface area contributed by atoms with Crippen LogP contribution < -0.4 is 10.1 Å². The number of carbonyl (C=O) groups is 2. The van der Waals surface area contributed by atoms with Gasteiger partial charge in [-0.1, -0.05) is 0 Å². The standard InChI is InChI=1S/C20H25NO6/c1-25-19(24)9-13-8-15-14-7-12(21-18(23)6-11-2-3-11)4-5-16(14)27-20(15)17(10-22)26-13/h4-5,7,11,13,15,17,20,22H,2-3,6,8-10H2,1H3,(H,21,23)/t13-,15-,17-,20+/m0/s1. The van der Waals surface area contributed by atoms with E-state index < -0.39 is 6.10 Å². The van der Waals surface area contributed by atoms with E-state index in [1.54, 1.807) is 0 Å². The van der Waals surface area contributed by atoms with Crippen LogP contribution in [-0.2, 0) is 19.1 Å². The highest BCUT2D eigenvalue weighted by Crippen LogP contribution is 2.47. The summed E-state index contributed by atoms with van der Waals surface area (Å²) in [5.74, 6) is 0.978. The summed E-state index contributed by atoms with van der Waals surface area (Å²) in [4.78, 5) is 23.7. The summed E-state index contributed by atoms with van der Waals surface area (Å²) in [5.41, 5.74) is 1.74. The van der Waals surface area contributed by atoms with Crippen LogP contribution in [0.25, 0.3) is 0 Å². The van der Waals surface area contributed by atoms with Crippen molar-refractivity contribution in [3.8, 4) is 5.75 Å². The molecule has 1 aliphatic carbocycles. The molecule has 0 bridgehead atoms. The second-order valence-corrected chi connectivity index (χ2v) is 7.63. The predicted molar refractivity (Wildman–Crippen MR) is 96.6 cm³/mol. The Kier molecular flexibility index (Phi) is 5.06. The van der Waals surface area contributed by atoms with Crippen LogP contribution in [0.1, 0.15) is 43.6 Å². The Bertz CT molecular complexity index is 731. The molecule has 0 radical (unpaired) electrons. The molecule has 146 valence electrons. The number of hydrogen-bond donors (Lipinski definition) is 2. The molecule has 1 saturated heterocycles. The van der Waals surface area contributed by atoms with Gasteiger partial charge in [0, 0.05) is 23.6 Å². The normalized spacial score (nSPS) is 28.7. The molecule has 2 aliphatic heterocycles. The number of rotatable bonds is 6. The lowest BCUT2D eigenvalue weighted by Crippen LogP contribution is -2.46. The molecule has 4 atom stereocenters. The van der Waals surface area contributed by atoms with Gasteiger partial charge >= 0.3 is 5.97 Å². The zero-order chi connectivity index (χ0) is 19.0. The van der Waals surface area contributed by atoms with Crippen LogP contribution in [0.4, 0.5) is 5.69 Å². The van der Waals surface area contributed by atoms with Gasteiger partial charge in [-0.3, -0.25) is 9.59 Å². The average Bonchev–Trinajstić information content (AvgIpc) is 3.39. The van der Waals surface area contributed by atoms with Gasteiger partial charge in [0.05, 0.1) is 26.2 Å². The Balaban J connectivity index is 1.50. The van der Waals surface area contributed by atoms with Crippen molar-refractivity contribution in [2.75, 3.05) is 19.0 Å². The SMILES string of the molecule is COC(=O)C[C@@H]1C[C@H]2c3cc(NC(=O)CC4CC4)ccc3O[C@H]2[C@H](CO)O1. The summed E-state index contributed by atoms with van der Waals surface area (Å²) < 4.78 is 16.6. The van der Waals surface area contributed by atoms with Gasteiger partial charge in [-0.15, -0.1) is 0 Å². The van der Waals surface area contributed by atoms with Gasteiger partial charge in [-0.05, 0) is 43.4 Å². The van der Waals surface area contributed by atoms with Gasteiger partial charge in [0.1, 0.15) is 18.0 Å². The fourth-order valence-electron chi connectivity index (χ4n) is 4.03. The fourth-order valence-corrected chi connectivity index (χ4v) is 4.03. The quantitative estimate of drug-likeness (QED) is 0.739. The summed E-state index contributed by atoms with van der Waals surface area (Å²) in [7, 11) is 1.35. The lowest BCUT2D eigenvalue weighted by atomic mass is 9.84. The van der Waals surface area contributed by atoms with Gasteiger partial charge < -0.3 is 24.6 Å². The van der Waals surface area contributed by atoms with Crippen molar-refractivity contribution in [1.82, 2.24) is 0 Å². The minimum absolute atomic E-state index is 0.000778. The molecule has 3 aliphatic rings. The molecule has 7 heteroatoms. The molecule has 2 heterocycles. The number of benzene rings is 1. The Labute approximate surface area is 158 Å². The van der Waals surface area contributed by atoms with E-state index >= 15 is 0 Å². The summed E-state index contributed by atoms with van der Waals surface area (Å²) in [6.07, 6.45) is 2.46. The molecule has 2 N–H and O–H groups in total. The molecule has 0 spiro atoms. The van der Waals surface area contributed by atoms with E-state index in [4.69, 9.17) is 14.2 Å². The Morgan fingerprint density at radius 3 is 2.81 bits per heavy atom. The van der Waals surface area contributed by atoms with E-state index in [0.29, 0.717) is 18.8 Å². The lowest BCUT2D eigenvalue weighted by Gasteiger charge is -2.36. The smallest absolute Gasteiger partial charge is 0.308 e. The van der Waals surface area contributed by atoms with Crippen LogP contribution >= 0.6 is 0 Å². The average molecular weight is 375 g/mol. The molecule has 27 heavy (non-hydrogen) atoms. The second kappa shape index (κ2) is 7.48. The number of ether oxygens (including phenoxy) is 3. The van der Waals surface area contributed by atoms with Crippen LogP contribution in [0.5, 0.6) is 5.75 Å². The highest BCUT2D eigenvalue weighted by Gasteiger charge is 2.46. The number of aliphatic hydroxyl groups is 1. The zero-order valence-electron chi connectivity index (χ0n) is 15.3. The number of carbonyl (C=O) groups excluding carboxylic acids is 2. The maximum absolute atomic E-state index is 12.1. The summed E-state index contributed by atoms with van der Waals surface area (Å²) in [6.45, 7) is -0.183. The van der Waals surface area contributed by atoms with Crippen LogP contribution in [0, 0.1) is 5.92 Å². The molecule has 0 unspecified atom stereocenters. The van der Waals surface area contributed by atoms with Crippen molar-refractivity contribution in [1.29, 1.82) is 0 Å². The van der Waals surface area contributed by atoms with E-state index in [1.165, 1.54) is 7.11 Å². The molecule has 7 nitrogen and oxygen atoms in total. The highest BCUT2D eigenvalue weighted by molar-refractivity contribution is 5.91. The molecule has 1 aromatic carbocycles. The number of hydrogen-bond acceptors (Lipinski definition) is 6. The summed E-state index contributed by atoms with van der Waals surface area (Å²) in [6, 6.07) is 5.63. The number of anilines is 1. The summed E-state index contributed by atoms with van der Waals surface area (Å²) >= 11 is 0. The third-order valence-corrected chi connectivity index (χ3v) is 5.58. The molecule has 2 fully saturated rings. The van der Waals surface area contributed by atoms with E-state index in [1.807, 2.05) is 18.2 Å². The maximum Gasteiger partial charge on any atom is 0.308 e. The largest absolute Gasteiger partial charge is 0.487 e. The Morgan fingerprint density at radius 1 is 1.30 bits per heavy atom. The first kappa shape index (κ1) is 18.3. The third-order valence-electron chi connectivity index (χ3n) is 5.58. The molecule has 0 aromatic heterocycles. The van der Waals surface area contributed by atoms with Crippen molar-refractivity contribution < 1.29 is 28.9 Å². The van der Waals surface area contributed by atoms with Crippen LogP contribution in [0.3, 0.4) is 0 Å². The van der Waals surface area contributed by atoms with Gasteiger partial charge in [-0.2, -0.15) is 0 Å². The first-order chi connectivity index (χ1) is 13.1. The minimum Gasteiger partial charge on any atom is -0.487 e. The monoisotopic (exact) mass is 375 g/mol. The fraction of sp³-hybridized carbons (Fsp3) is 0.600.